The zero-order valence-corrected chi connectivity index (χ0v) is 10.7. The predicted molar refractivity (Wildman–Crippen MR) is 61.9 cm³/mol. The molecule has 0 radical (unpaired) electrons. The van der Waals surface area contributed by atoms with E-state index in [1.807, 2.05) is 0 Å². The summed E-state index contributed by atoms with van der Waals surface area (Å²) in [6, 6.07) is 0. The van der Waals surface area contributed by atoms with Crippen molar-refractivity contribution >= 4 is 58.1 Å². The molecule has 1 saturated carbocycles. The lowest BCUT2D eigenvalue weighted by Gasteiger charge is -2.17. The number of hydrogen-bond acceptors (Lipinski definition) is 3. The van der Waals surface area contributed by atoms with Gasteiger partial charge < -0.3 is 4.84 Å². The van der Waals surface area contributed by atoms with Gasteiger partial charge in [0, 0.05) is 0 Å². The molecule has 0 bridgehead atoms. The molecule has 3 nitrogen and oxygen atoms in total. The van der Waals surface area contributed by atoms with E-state index in [0.29, 0.717) is 12.1 Å². The highest BCUT2D eigenvalue weighted by Crippen LogP contribution is 2.28. The molecular weight excluding hydrogens is 284 g/mol. The van der Waals surface area contributed by atoms with E-state index in [4.69, 9.17) is 46.4 Å². The van der Waals surface area contributed by atoms with Crippen LogP contribution >= 0.6 is 46.4 Å². The molecule has 0 heterocycles. The molecule has 0 N–H and O–H groups in total. The Labute approximate surface area is 108 Å². The highest BCUT2D eigenvalue weighted by molar-refractivity contribution is 6.75. The summed E-state index contributed by atoms with van der Waals surface area (Å²) in [7, 11) is 0. The van der Waals surface area contributed by atoms with Crippen LogP contribution in [0.2, 0.25) is 0 Å². The van der Waals surface area contributed by atoms with Crippen LogP contribution in [0.5, 0.6) is 0 Å². The van der Waals surface area contributed by atoms with Crippen LogP contribution in [0.1, 0.15) is 25.7 Å². The molecule has 15 heavy (non-hydrogen) atoms. The van der Waals surface area contributed by atoms with E-state index in [1.165, 1.54) is 0 Å². The summed E-state index contributed by atoms with van der Waals surface area (Å²) >= 11 is 21.8. The number of rotatable bonds is 1. The Morgan fingerprint density at radius 2 is 2.07 bits per heavy atom. The zero-order chi connectivity index (χ0) is 11.5. The van der Waals surface area contributed by atoms with Crippen molar-refractivity contribution in [2.45, 2.75) is 34.9 Å². The first-order chi connectivity index (χ1) is 6.91. The van der Waals surface area contributed by atoms with Gasteiger partial charge >= 0.3 is 5.97 Å². The maximum Gasteiger partial charge on any atom is 0.386 e. The van der Waals surface area contributed by atoms with Crippen molar-refractivity contribution in [3.05, 3.63) is 0 Å². The fourth-order valence-electron chi connectivity index (χ4n) is 1.21. The van der Waals surface area contributed by atoms with Gasteiger partial charge in [0.2, 0.25) is 0 Å². The predicted octanol–water partition coefficient (Wildman–Crippen LogP) is 3.44. The molecule has 0 aromatic heterocycles. The van der Waals surface area contributed by atoms with E-state index in [1.54, 1.807) is 0 Å². The van der Waals surface area contributed by atoms with Gasteiger partial charge in [-0.2, -0.15) is 0 Å². The third-order valence-corrected chi connectivity index (χ3v) is 2.91. The quantitative estimate of drug-likeness (QED) is 0.422. The number of hydrogen-bond donors (Lipinski definition) is 0. The molecule has 1 aliphatic carbocycles. The second kappa shape index (κ2) is 5.58. The van der Waals surface area contributed by atoms with Gasteiger partial charge in [-0.15, -0.1) is 11.6 Å². The van der Waals surface area contributed by atoms with Gasteiger partial charge in [0.05, 0.1) is 11.1 Å². The van der Waals surface area contributed by atoms with Gasteiger partial charge in [0.25, 0.3) is 3.79 Å². The minimum atomic E-state index is -2.10. The SMILES string of the molecule is O=C(ON=C1CCCCC1Cl)C(Cl)(Cl)Cl. The summed E-state index contributed by atoms with van der Waals surface area (Å²) < 4.78 is -2.10. The van der Waals surface area contributed by atoms with Gasteiger partial charge in [-0.05, 0) is 19.3 Å². The second-order valence-corrected chi connectivity index (χ2v) is 5.98. The molecule has 0 saturated heterocycles. The monoisotopic (exact) mass is 291 g/mol. The smallest absolute Gasteiger partial charge is 0.313 e. The van der Waals surface area contributed by atoms with E-state index < -0.39 is 9.76 Å². The number of carbonyl (C=O) groups excluding carboxylic acids is 1. The molecular formula is C8H9Cl4NO2. The van der Waals surface area contributed by atoms with Crippen molar-refractivity contribution in [1.29, 1.82) is 0 Å². The zero-order valence-electron chi connectivity index (χ0n) is 7.68. The number of nitrogens with zero attached hydrogens (tertiary/aromatic N) is 1. The fraction of sp³-hybridized carbons (Fsp3) is 0.750. The molecule has 1 rings (SSSR count). The van der Waals surface area contributed by atoms with E-state index in [0.717, 1.165) is 19.3 Å². The molecule has 0 spiro atoms. The highest BCUT2D eigenvalue weighted by atomic mass is 35.6. The summed E-state index contributed by atoms with van der Waals surface area (Å²) in [6.07, 6.45) is 3.56. The molecule has 1 atom stereocenters. The maximum absolute atomic E-state index is 11.0. The molecule has 1 aliphatic rings. The molecule has 1 unspecified atom stereocenters. The van der Waals surface area contributed by atoms with Crippen LogP contribution in [0.4, 0.5) is 0 Å². The van der Waals surface area contributed by atoms with Crippen LogP contribution in [0.15, 0.2) is 5.16 Å². The van der Waals surface area contributed by atoms with E-state index in [-0.39, 0.29) is 5.38 Å². The highest BCUT2D eigenvalue weighted by Gasteiger charge is 2.33. The Morgan fingerprint density at radius 1 is 1.40 bits per heavy atom. The molecule has 7 heteroatoms. The van der Waals surface area contributed by atoms with Crippen LogP contribution in [-0.4, -0.2) is 20.9 Å². The first kappa shape index (κ1) is 13.4. The number of alkyl halides is 4. The van der Waals surface area contributed by atoms with Crippen LogP contribution < -0.4 is 0 Å². The first-order valence-corrected chi connectivity index (χ1v) is 5.97. The molecule has 86 valence electrons. The largest absolute Gasteiger partial charge is 0.386 e. The van der Waals surface area contributed by atoms with Crippen LogP contribution in [-0.2, 0) is 9.63 Å². The van der Waals surface area contributed by atoms with Gasteiger partial charge in [0.1, 0.15) is 0 Å². The third kappa shape index (κ3) is 4.35. The lowest BCUT2D eigenvalue weighted by molar-refractivity contribution is -0.142. The van der Waals surface area contributed by atoms with Crippen LogP contribution in [0, 0.1) is 0 Å². The van der Waals surface area contributed by atoms with Gasteiger partial charge in [-0.25, -0.2) is 4.79 Å². The average Bonchev–Trinajstić information content (AvgIpc) is 2.14. The molecule has 1 fully saturated rings. The van der Waals surface area contributed by atoms with E-state index >= 15 is 0 Å². The maximum atomic E-state index is 11.0. The normalized spacial score (nSPS) is 25.3. The van der Waals surface area contributed by atoms with Crippen molar-refractivity contribution in [1.82, 2.24) is 0 Å². The standard InChI is InChI=1S/C8H9Cl4NO2/c9-5-3-1-2-4-6(5)13-15-7(14)8(10,11)12/h5H,1-4H2. The number of oxime groups is 1. The summed E-state index contributed by atoms with van der Waals surface area (Å²) in [5, 5.41) is 3.42. The summed E-state index contributed by atoms with van der Waals surface area (Å²) in [5.74, 6) is -1.02. The van der Waals surface area contributed by atoms with Crippen molar-refractivity contribution in [2.75, 3.05) is 0 Å². The van der Waals surface area contributed by atoms with E-state index in [2.05, 4.69) is 9.99 Å². The minimum Gasteiger partial charge on any atom is -0.313 e. The van der Waals surface area contributed by atoms with Crippen LogP contribution in [0.3, 0.4) is 0 Å². The molecule has 0 amide bonds. The lowest BCUT2D eigenvalue weighted by atomic mass is 9.98. The Morgan fingerprint density at radius 3 is 2.60 bits per heavy atom. The Hall–Kier alpha value is 0.300. The second-order valence-electron chi connectivity index (χ2n) is 3.17. The number of carbonyl (C=O) groups is 1. The van der Waals surface area contributed by atoms with Crippen LogP contribution in [0.25, 0.3) is 0 Å². The van der Waals surface area contributed by atoms with Crippen molar-refractivity contribution in [3.63, 3.8) is 0 Å². The molecule has 0 aromatic rings. The molecule has 0 aliphatic heterocycles. The summed E-state index contributed by atoms with van der Waals surface area (Å²) in [4.78, 5) is 15.5. The van der Waals surface area contributed by atoms with Gasteiger partial charge in [0.15, 0.2) is 0 Å². The van der Waals surface area contributed by atoms with E-state index in [9.17, 15) is 4.79 Å². The first-order valence-electron chi connectivity index (χ1n) is 4.40. The summed E-state index contributed by atoms with van der Waals surface area (Å²) in [6.45, 7) is 0. The third-order valence-electron chi connectivity index (χ3n) is 1.98. The Balaban J connectivity index is 2.53. The average molecular weight is 293 g/mol. The topological polar surface area (TPSA) is 38.7 Å². The molecule has 0 aromatic carbocycles. The lowest BCUT2D eigenvalue weighted by Crippen LogP contribution is -2.24. The van der Waals surface area contributed by atoms with Crippen molar-refractivity contribution in [3.8, 4) is 0 Å². The van der Waals surface area contributed by atoms with Crippen molar-refractivity contribution < 1.29 is 9.63 Å². The van der Waals surface area contributed by atoms with Crippen molar-refractivity contribution in [2.24, 2.45) is 5.16 Å². The van der Waals surface area contributed by atoms with Gasteiger partial charge in [-0.3, -0.25) is 0 Å². The Kier molecular flexibility index (Phi) is 4.97. The Bertz CT molecular complexity index is 274. The van der Waals surface area contributed by atoms with Gasteiger partial charge in [-0.1, -0.05) is 46.4 Å². The fourth-order valence-corrected chi connectivity index (χ4v) is 1.61. The summed E-state index contributed by atoms with van der Waals surface area (Å²) in [5.41, 5.74) is 0.630. The number of halogens is 4. The minimum absolute atomic E-state index is 0.193.